The average molecular weight is 270 g/mol. The second kappa shape index (κ2) is 5.91. The number of aryl methyl sites for hydroxylation is 1. The molecule has 1 heterocycles. The third-order valence-corrected chi connectivity index (χ3v) is 3.79. The summed E-state index contributed by atoms with van der Waals surface area (Å²) in [5.41, 5.74) is 0.468. The zero-order valence-electron chi connectivity index (χ0n) is 10.7. The summed E-state index contributed by atoms with van der Waals surface area (Å²) in [5, 5.41) is 14.4. The first-order valence-electron chi connectivity index (χ1n) is 6.38. The zero-order valence-corrected chi connectivity index (χ0v) is 11.5. The highest BCUT2D eigenvalue weighted by molar-refractivity contribution is 6.30. The molecule has 18 heavy (non-hydrogen) atoms. The second-order valence-corrected chi connectivity index (χ2v) is 5.40. The first kappa shape index (κ1) is 13.7. The van der Waals surface area contributed by atoms with E-state index in [1.807, 2.05) is 18.2 Å². The highest BCUT2D eigenvalue weighted by atomic mass is 35.5. The van der Waals surface area contributed by atoms with Crippen molar-refractivity contribution in [3.8, 4) is 5.75 Å². The van der Waals surface area contributed by atoms with Crippen molar-refractivity contribution in [1.29, 1.82) is 0 Å². The molecule has 1 aliphatic rings. The number of benzene rings is 1. The van der Waals surface area contributed by atoms with Crippen molar-refractivity contribution < 1.29 is 9.84 Å². The third-order valence-electron chi connectivity index (χ3n) is 3.55. The molecule has 1 aromatic carbocycles. The number of halogens is 1. The van der Waals surface area contributed by atoms with Crippen LogP contribution in [-0.2, 0) is 6.42 Å². The van der Waals surface area contributed by atoms with Crippen LogP contribution < -0.4 is 10.1 Å². The maximum atomic E-state index is 10.4. The van der Waals surface area contributed by atoms with E-state index in [9.17, 15) is 5.11 Å². The van der Waals surface area contributed by atoms with Crippen molar-refractivity contribution in [2.75, 3.05) is 20.2 Å². The summed E-state index contributed by atoms with van der Waals surface area (Å²) in [6.45, 7) is 1.68. The van der Waals surface area contributed by atoms with Gasteiger partial charge in [-0.15, -0.1) is 0 Å². The molecule has 1 atom stereocenters. The molecule has 2 N–H and O–H groups in total. The van der Waals surface area contributed by atoms with Gasteiger partial charge in [-0.1, -0.05) is 11.6 Å². The van der Waals surface area contributed by atoms with Crippen LogP contribution in [0.1, 0.15) is 24.8 Å². The summed E-state index contributed by atoms with van der Waals surface area (Å²) in [6, 6.07) is 5.61. The average Bonchev–Trinajstić information content (AvgIpc) is 2.38. The second-order valence-electron chi connectivity index (χ2n) is 4.96. The predicted molar refractivity (Wildman–Crippen MR) is 73.4 cm³/mol. The van der Waals surface area contributed by atoms with Gasteiger partial charge >= 0.3 is 0 Å². The number of nitrogens with one attached hydrogen (secondary N) is 1. The molecule has 0 radical (unpaired) electrons. The van der Waals surface area contributed by atoms with Crippen LogP contribution in [0.3, 0.4) is 0 Å². The topological polar surface area (TPSA) is 41.5 Å². The molecule has 0 amide bonds. The number of hydrogen-bond donors (Lipinski definition) is 2. The van der Waals surface area contributed by atoms with Gasteiger partial charge in [-0.05, 0) is 56.0 Å². The number of aliphatic hydroxyl groups is 1. The van der Waals surface area contributed by atoms with Crippen LogP contribution in [0.4, 0.5) is 0 Å². The number of piperidine rings is 1. The number of rotatable bonds is 4. The van der Waals surface area contributed by atoms with E-state index in [0.29, 0.717) is 11.6 Å². The Morgan fingerprint density at radius 1 is 1.50 bits per heavy atom. The summed E-state index contributed by atoms with van der Waals surface area (Å²) in [6.07, 6.45) is 3.41. The number of ether oxygens (including phenoxy) is 1. The summed E-state index contributed by atoms with van der Waals surface area (Å²) in [7, 11) is 1.66. The Balaban J connectivity index is 2.02. The van der Waals surface area contributed by atoms with Gasteiger partial charge < -0.3 is 15.2 Å². The SMILES string of the molecule is COc1ccc(Cl)cc1CCC1(O)CCCNC1. The van der Waals surface area contributed by atoms with Gasteiger partial charge in [0.1, 0.15) is 5.75 Å². The van der Waals surface area contributed by atoms with Gasteiger partial charge in [0.25, 0.3) is 0 Å². The molecule has 0 spiro atoms. The lowest BCUT2D eigenvalue weighted by Crippen LogP contribution is -2.45. The molecular formula is C14H20ClNO2. The predicted octanol–water partition coefficient (Wildman–Crippen LogP) is 2.40. The van der Waals surface area contributed by atoms with Crippen LogP contribution in [0.15, 0.2) is 18.2 Å². The molecule has 100 valence electrons. The van der Waals surface area contributed by atoms with E-state index in [-0.39, 0.29) is 0 Å². The lowest BCUT2D eigenvalue weighted by atomic mass is 9.88. The zero-order chi connectivity index (χ0) is 13.0. The van der Waals surface area contributed by atoms with E-state index in [1.165, 1.54) is 0 Å². The molecule has 1 unspecified atom stereocenters. The van der Waals surface area contributed by atoms with Crippen LogP contribution in [0.5, 0.6) is 5.75 Å². The smallest absolute Gasteiger partial charge is 0.122 e. The summed E-state index contributed by atoms with van der Waals surface area (Å²) in [5.74, 6) is 0.840. The van der Waals surface area contributed by atoms with Gasteiger partial charge in [-0.25, -0.2) is 0 Å². The minimum atomic E-state index is -0.592. The highest BCUT2D eigenvalue weighted by Gasteiger charge is 2.28. The van der Waals surface area contributed by atoms with Gasteiger partial charge in [-0.2, -0.15) is 0 Å². The minimum absolute atomic E-state index is 0.592. The summed E-state index contributed by atoms with van der Waals surface area (Å²) in [4.78, 5) is 0. The van der Waals surface area contributed by atoms with E-state index in [1.54, 1.807) is 7.11 Å². The fraction of sp³-hybridized carbons (Fsp3) is 0.571. The molecule has 0 bridgehead atoms. The molecular weight excluding hydrogens is 250 g/mol. The Kier molecular flexibility index (Phi) is 4.49. The number of β-amino-alcohol motifs (C(OH)–C–C–N with tert-alkyl or cyclic N) is 1. The molecule has 0 saturated carbocycles. The Hall–Kier alpha value is -0.770. The largest absolute Gasteiger partial charge is 0.496 e. The van der Waals surface area contributed by atoms with E-state index < -0.39 is 5.60 Å². The van der Waals surface area contributed by atoms with Crippen LogP contribution in [0.2, 0.25) is 5.02 Å². The molecule has 1 aromatic rings. The van der Waals surface area contributed by atoms with Crippen LogP contribution in [0, 0.1) is 0 Å². The van der Waals surface area contributed by atoms with E-state index >= 15 is 0 Å². The highest BCUT2D eigenvalue weighted by Crippen LogP contribution is 2.28. The monoisotopic (exact) mass is 269 g/mol. The third kappa shape index (κ3) is 3.37. The lowest BCUT2D eigenvalue weighted by Gasteiger charge is -2.32. The van der Waals surface area contributed by atoms with Crippen molar-refractivity contribution in [1.82, 2.24) is 5.32 Å². The maximum absolute atomic E-state index is 10.4. The van der Waals surface area contributed by atoms with Crippen molar-refractivity contribution in [2.45, 2.75) is 31.3 Å². The minimum Gasteiger partial charge on any atom is -0.496 e. The molecule has 4 heteroatoms. The Bertz CT molecular complexity index is 403. The molecule has 2 rings (SSSR count). The van der Waals surface area contributed by atoms with E-state index in [4.69, 9.17) is 16.3 Å². The van der Waals surface area contributed by atoms with Crippen LogP contribution in [0.25, 0.3) is 0 Å². The normalized spacial score (nSPS) is 23.9. The Labute approximate surface area is 113 Å². The van der Waals surface area contributed by atoms with Crippen molar-refractivity contribution >= 4 is 11.6 Å². The number of hydrogen-bond acceptors (Lipinski definition) is 3. The van der Waals surface area contributed by atoms with Gasteiger partial charge in [0.15, 0.2) is 0 Å². The van der Waals surface area contributed by atoms with E-state index in [0.717, 1.165) is 43.5 Å². The number of methoxy groups -OCH3 is 1. The fourth-order valence-electron chi connectivity index (χ4n) is 2.48. The molecule has 0 aliphatic carbocycles. The quantitative estimate of drug-likeness (QED) is 0.882. The molecule has 1 aliphatic heterocycles. The summed E-state index contributed by atoms with van der Waals surface area (Å²) >= 11 is 6.00. The van der Waals surface area contributed by atoms with Crippen molar-refractivity contribution in [2.24, 2.45) is 0 Å². The van der Waals surface area contributed by atoms with Gasteiger partial charge in [0.05, 0.1) is 12.7 Å². The molecule has 3 nitrogen and oxygen atoms in total. The van der Waals surface area contributed by atoms with Gasteiger partial charge in [0.2, 0.25) is 0 Å². The maximum Gasteiger partial charge on any atom is 0.122 e. The Morgan fingerprint density at radius 3 is 3.00 bits per heavy atom. The lowest BCUT2D eigenvalue weighted by molar-refractivity contribution is 0.00879. The Morgan fingerprint density at radius 2 is 2.33 bits per heavy atom. The first-order chi connectivity index (χ1) is 8.63. The van der Waals surface area contributed by atoms with Crippen LogP contribution in [-0.4, -0.2) is 30.9 Å². The molecule has 0 aromatic heterocycles. The van der Waals surface area contributed by atoms with Gasteiger partial charge in [0, 0.05) is 11.6 Å². The van der Waals surface area contributed by atoms with Crippen molar-refractivity contribution in [3.05, 3.63) is 28.8 Å². The standard InChI is InChI=1S/C14H20ClNO2/c1-18-13-4-3-12(15)9-11(13)5-7-14(17)6-2-8-16-10-14/h3-4,9,16-17H,2,5-8,10H2,1H3. The van der Waals surface area contributed by atoms with Gasteiger partial charge in [-0.3, -0.25) is 0 Å². The fourth-order valence-corrected chi connectivity index (χ4v) is 2.67. The van der Waals surface area contributed by atoms with E-state index in [2.05, 4.69) is 5.32 Å². The van der Waals surface area contributed by atoms with Crippen LogP contribution >= 0.6 is 11.6 Å². The first-order valence-corrected chi connectivity index (χ1v) is 6.76. The van der Waals surface area contributed by atoms with Crippen molar-refractivity contribution in [3.63, 3.8) is 0 Å². The summed E-state index contributed by atoms with van der Waals surface area (Å²) < 4.78 is 5.32. The molecule has 1 fully saturated rings. The molecule has 1 saturated heterocycles.